The second kappa shape index (κ2) is 12.7. The molecule has 6 heteroatoms. The van der Waals surface area contributed by atoms with Crippen molar-refractivity contribution in [3.63, 3.8) is 0 Å². The van der Waals surface area contributed by atoms with Gasteiger partial charge in [0.2, 0.25) is 11.8 Å². The molecule has 3 aromatic carbocycles. The van der Waals surface area contributed by atoms with Crippen molar-refractivity contribution in [2.75, 3.05) is 31.1 Å². The predicted octanol–water partition coefficient (Wildman–Crippen LogP) is 6.41. The average Bonchev–Trinajstić information content (AvgIpc) is 3.01. The van der Waals surface area contributed by atoms with Gasteiger partial charge in [-0.2, -0.15) is 0 Å². The van der Waals surface area contributed by atoms with Crippen molar-refractivity contribution < 1.29 is 14.0 Å². The van der Waals surface area contributed by atoms with Gasteiger partial charge in [-0.1, -0.05) is 92.1 Å². The van der Waals surface area contributed by atoms with E-state index in [9.17, 15) is 14.0 Å². The van der Waals surface area contributed by atoms with Crippen LogP contribution in [0.25, 0.3) is 0 Å². The number of hydrogen-bond donors (Lipinski definition) is 1. The Morgan fingerprint density at radius 3 is 1.85 bits per heavy atom. The van der Waals surface area contributed by atoms with Crippen LogP contribution in [0.5, 0.6) is 0 Å². The number of piperazine rings is 1. The molecule has 1 heterocycles. The molecular formula is C34H40FN3O2. The highest BCUT2D eigenvalue weighted by atomic mass is 19.1. The Kier molecular flexibility index (Phi) is 8.83. The van der Waals surface area contributed by atoms with Gasteiger partial charge in [0, 0.05) is 44.2 Å². The summed E-state index contributed by atoms with van der Waals surface area (Å²) in [7, 11) is 0. The van der Waals surface area contributed by atoms with Gasteiger partial charge in [-0.3, -0.25) is 9.59 Å². The van der Waals surface area contributed by atoms with Crippen molar-refractivity contribution in [3.05, 3.63) is 102 Å². The van der Waals surface area contributed by atoms with Crippen molar-refractivity contribution in [1.29, 1.82) is 0 Å². The number of benzene rings is 3. The number of nitrogens with one attached hydrogen (secondary N) is 1. The van der Waals surface area contributed by atoms with E-state index in [4.69, 9.17) is 0 Å². The van der Waals surface area contributed by atoms with Crippen molar-refractivity contribution in [3.8, 4) is 0 Å². The summed E-state index contributed by atoms with van der Waals surface area (Å²) in [6.07, 6.45) is 3.64. The molecule has 3 aromatic rings. The summed E-state index contributed by atoms with van der Waals surface area (Å²) in [6.45, 7) is 4.18. The molecule has 40 heavy (non-hydrogen) atoms. The molecule has 0 radical (unpaired) electrons. The maximum Gasteiger partial charge on any atom is 0.248 e. The van der Waals surface area contributed by atoms with Crippen LogP contribution in [0.15, 0.2) is 84.9 Å². The summed E-state index contributed by atoms with van der Waals surface area (Å²) in [5, 5.41) is 3.28. The van der Waals surface area contributed by atoms with E-state index in [0.717, 1.165) is 36.1 Å². The smallest absolute Gasteiger partial charge is 0.248 e. The first-order chi connectivity index (χ1) is 19.4. The molecule has 1 N–H and O–H groups in total. The van der Waals surface area contributed by atoms with E-state index in [2.05, 4.69) is 34.5 Å². The SMILES string of the molecule is CC(F)c1ccc(N2CCN(C(=O)C3(NC(=O)CC(c4ccccc4)c4ccccc4)CCCCC3)CC2)cc1. The summed E-state index contributed by atoms with van der Waals surface area (Å²) in [4.78, 5) is 31.9. The second-order valence-electron chi connectivity index (χ2n) is 11.3. The first-order valence-electron chi connectivity index (χ1n) is 14.6. The number of hydrogen-bond acceptors (Lipinski definition) is 3. The normalized spacial score (nSPS) is 17.9. The van der Waals surface area contributed by atoms with Crippen LogP contribution in [-0.2, 0) is 9.59 Å². The Morgan fingerprint density at radius 2 is 1.32 bits per heavy atom. The number of carbonyl (C=O) groups excluding carboxylic acids is 2. The molecule has 1 unspecified atom stereocenters. The maximum atomic E-state index is 14.1. The number of alkyl halides is 1. The molecule has 1 aliphatic carbocycles. The van der Waals surface area contributed by atoms with E-state index >= 15 is 0 Å². The van der Waals surface area contributed by atoms with E-state index in [1.165, 1.54) is 0 Å². The third kappa shape index (κ3) is 6.38. The number of anilines is 1. The first kappa shape index (κ1) is 27.9. The minimum absolute atomic E-state index is 0.0535. The number of halogens is 1. The molecule has 1 aliphatic heterocycles. The summed E-state index contributed by atoms with van der Waals surface area (Å²) >= 11 is 0. The Hall–Kier alpha value is -3.67. The van der Waals surface area contributed by atoms with E-state index in [1.54, 1.807) is 6.92 Å². The highest BCUT2D eigenvalue weighted by Crippen LogP contribution is 2.33. The molecule has 2 aliphatic rings. The van der Waals surface area contributed by atoms with Crippen LogP contribution in [0.1, 0.15) is 74.2 Å². The lowest BCUT2D eigenvalue weighted by atomic mass is 9.79. The number of amides is 2. The monoisotopic (exact) mass is 541 g/mol. The van der Waals surface area contributed by atoms with Gasteiger partial charge >= 0.3 is 0 Å². The molecule has 5 rings (SSSR count). The molecule has 1 atom stereocenters. The summed E-state index contributed by atoms with van der Waals surface area (Å²) in [5.41, 5.74) is 3.07. The van der Waals surface area contributed by atoms with Gasteiger partial charge in [0.05, 0.1) is 0 Å². The van der Waals surface area contributed by atoms with Gasteiger partial charge in [0.1, 0.15) is 11.7 Å². The largest absolute Gasteiger partial charge is 0.368 e. The zero-order chi connectivity index (χ0) is 28.0. The fraction of sp³-hybridized carbons (Fsp3) is 0.412. The van der Waals surface area contributed by atoms with Gasteiger partial charge in [-0.15, -0.1) is 0 Å². The van der Waals surface area contributed by atoms with Crippen LogP contribution in [0, 0.1) is 0 Å². The predicted molar refractivity (Wildman–Crippen MR) is 158 cm³/mol. The number of carbonyl (C=O) groups is 2. The van der Waals surface area contributed by atoms with Crippen molar-refractivity contribution in [1.82, 2.24) is 10.2 Å². The Morgan fingerprint density at radius 1 is 0.775 bits per heavy atom. The molecule has 210 valence electrons. The number of nitrogens with zero attached hydrogens (tertiary/aromatic N) is 2. The summed E-state index contributed by atoms with van der Waals surface area (Å²) in [6, 6.07) is 27.9. The van der Waals surface area contributed by atoms with Gasteiger partial charge < -0.3 is 15.1 Å². The zero-order valence-corrected chi connectivity index (χ0v) is 23.4. The first-order valence-corrected chi connectivity index (χ1v) is 14.6. The van der Waals surface area contributed by atoms with E-state index in [1.807, 2.05) is 65.6 Å². The molecule has 5 nitrogen and oxygen atoms in total. The highest BCUT2D eigenvalue weighted by molar-refractivity contribution is 5.92. The molecule has 2 fully saturated rings. The molecular weight excluding hydrogens is 501 g/mol. The van der Waals surface area contributed by atoms with Crippen molar-refractivity contribution in [2.45, 2.75) is 63.1 Å². The van der Waals surface area contributed by atoms with E-state index in [-0.39, 0.29) is 17.7 Å². The van der Waals surface area contributed by atoms with Crippen LogP contribution < -0.4 is 10.2 Å². The van der Waals surface area contributed by atoms with Gasteiger partial charge in [0.15, 0.2) is 0 Å². The third-order valence-corrected chi connectivity index (χ3v) is 8.57. The van der Waals surface area contributed by atoms with Gasteiger partial charge in [0.25, 0.3) is 0 Å². The Bertz CT molecular complexity index is 1210. The lowest BCUT2D eigenvalue weighted by Crippen LogP contribution is -2.63. The third-order valence-electron chi connectivity index (χ3n) is 8.57. The van der Waals surface area contributed by atoms with Crippen LogP contribution in [0.2, 0.25) is 0 Å². The van der Waals surface area contributed by atoms with Gasteiger partial charge in [-0.05, 0) is 48.6 Å². The summed E-state index contributed by atoms with van der Waals surface area (Å²) < 4.78 is 13.6. The zero-order valence-electron chi connectivity index (χ0n) is 23.4. The standard InChI is InChI=1S/C34H40FN3O2/c1-26(35)27-15-17-30(18-16-27)37-21-23-38(24-22-37)33(40)34(19-9-4-10-20-34)36-32(39)25-31(28-11-5-2-6-12-28)29-13-7-3-8-14-29/h2-3,5-8,11-18,26,31H,4,9-10,19-25H2,1H3,(H,36,39). The van der Waals surface area contributed by atoms with E-state index in [0.29, 0.717) is 51.0 Å². The lowest BCUT2D eigenvalue weighted by molar-refractivity contribution is -0.143. The number of rotatable bonds is 8. The van der Waals surface area contributed by atoms with Crippen molar-refractivity contribution in [2.24, 2.45) is 0 Å². The molecule has 0 spiro atoms. The van der Waals surface area contributed by atoms with Crippen LogP contribution >= 0.6 is 0 Å². The van der Waals surface area contributed by atoms with Gasteiger partial charge in [-0.25, -0.2) is 4.39 Å². The minimum atomic E-state index is -0.985. The topological polar surface area (TPSA) is 52.6 Å². The molecule has 0 aromatic heterocycles. The average molecular weight is 542 g/mol. The fourth-order valence-electron chi connectivity index (χ4n) is 6.27. The molecule has 0 bridgehead atoms. The fourth-order valence-corrected chi connectivity index (χ4v) is 6.27. The summed E-state index contributed by atoms with van der Waals surface area (Å²) in [5.74, 6) is -0.0972. The Labute approximate surface area is 237 Å². The van der Waals surface area contributed by atoms with Crippen LogP contribution in [-0.4, -0.2) is 48.4 Å². The lowest BCUT2D eigenvalue weighted by Gasteiger charge is -2.43. The molecule has 1 saturated heterocycles. The highest BCUT2D eigenvalue weighted by Gasteiger charge is 2.44. The minimum Gasteiger partial charge on any atom is -0.368 e. The Balaban J connectivity index is 1.27. The second-order valence-corrected chi connectivity index (χ2v) is 11.3. The van der Waals surface area contributed by atoms with Crippen molar-refractivity contribution >= 4 is 17.5 Å². The van der Waals surface area contributed by atoms with Crippen LogP contribution in [0.3, 0.4) is 0 Å². The maximum absolute atomic E-state index is 14.1. The molecule has 1 saturated carbocycles. The molecule has 2 amide bonds. The quantitative estimate of drug-likeness (QED) is 0.359. The van der Waals surface area contributed by atoms with E-state index < -0.39 is 11.7 Å². The van der Waals surface area contributed by atoms with Crippen LogP contribution in [0.4, 0.5) is 10.1 Å².